The van der Waals surface area contributed by atoms with Gasteiger partial charge in [-0.15, -0.1) is 0 Å². The monoisotopic (exact) mass is 364 g/mol. The van der Waals surface area contributed by atoms with Crippen LogP contribution in [0.4, 0.5) is 4.39 Å². The van der Waals surface area contributed by atoms with E-state index in [1.165, 1.54) is 6.07 Å². The highest BCUT2D eigenvalue weighted by Crippen LogP contribution is 2.38. The quantitative estimate of drug-likeness (QED) is 0.678. The molecule has 0 saturated carbocycles. The first-order valence-electron chi connectivity index (χ1n) is 7.66. The molecular weight excluding hydrogens is 350 g/mol. The lowest BCUT2D eigenvalue weighted by Crippen LogP contribution is -2.01. The van der Waals surface area contributed by atoms with Gasteiger partial charge in [0.2, 0.25) is 0 Å². The average molecular weight is 365 g/mol. The molecule has 0 heterocycles. The Hall–Kier alpha value is -1.84. The summed E-state index contributed by atoms with van der Waals surface area (Å²) in [5, 5.41) is 9.98. The molecule has 1 aliphatic carbocycles. The molecule has 5 heteroatoms. The Bertz CT molecular complexity index is 872. The Morgan fingerprint density at radius 2 is 1.88 bits per heavy atom. The van der Waals surface area contributed by atoms with Gasteiger partial charge in [-0.3, -0.25) is 4.79 Å². The number of hydrogen-bond acceptors (Lipinski definition) is 2. The summed E-state index contributed by atoms with van der Waals surface area (Å²) >= 11 is 11.8. The third-order valence-corrected chi connectivity index (χ3v) is 4.92. The molecule has 0 bridgehead atoms. The van der Waals surface area contributed by atoms with Gasteiger partial charge < -0.3 is 5.11 Å². The zero-order valence-electron chi connectivity index (χ0n) is 13.0. The number of aliphatic hydroxyl groups excluding tert-OH is 1. The lowest BCUT2D eigenvalue weighted by Gasteiger charge is -2.13. The highest BCUT2D eigenvalue weighted by Gasteiger charge is 2.26. The van der Waals surface area contributed by atoms with Gasteiger partial charge in [-0.05, 0) is 35.2 Å². The summed E-state index contributed by atoms with van der Waals surface area (Å²) in [6.07, 6.45) is 1.38. The summed E-state index contributed by atoms with van der Waals surface area (Å²) in [7, 11) is 0. The maximum atomic E-state index is 14.0. The molecule has 0 radical (unpaired) electrons. The van der Waals surface area contributed by atoms with Crippen LogP contribution in [0.1, 0.15) is 30.9 Å². The number of halogens is 3. The van der Waals surface area contributed by atoms with Gasteiger partial charge in [0.05, 0.1) is 15.6 Å². The van der Waals surface area contributed by atoms with Crippen LogP contribution < -0.4 is 0 Å². The molecule has 0 aliphatic heterocycles. The van der Waals surface area contributed by atoms with E-state index in [0.717, 1.165) is 5.56 Å². The number of benzene rings is 2. The molecule has 2 aromatic rings. The molecule has 2 aromatic carbocycles. The molecule has 0 spiro atoms. The van der Waals surface area contributed by atoms with E-state index in [-0.39, 0.29) is 21.6 Å². The van der Waals surface area contributed by atoms with Crippen molar-refractivity contribution in [2.75, 3.05) is 0 Å². The molecule has 1 N–H and O–H groups in total. The maximum absolute atomic E-state index is 14.0. The first kappa shape index (κ1) is 17.0. The minimum absolute atomic E-state index is 0.0412. The van der Waals surface area contributed by atoms with Crippen molar-refractivity contribution in [1.82, 2.24) is 0 Å². The second-order valence-corrected chi connectivity index (χ2v) is 6.48. The van der Waals surface area contributed by atoms with Crippen molar-refractivity contribution in [1.29, 1.82) is 0 Å². The van der Waals surface area contributed by atoms with Gasteiger partial charge in [0.25, 0.3) is 0 Å². The van der Waals surface area contributed by atoms with Crippen LogP contribution in [0.5, 0.6) is 0 Å². The first-order chi connectivity index (χ1) is 11.4. The minimum atomic E-state index is -0.670. The summed E-state index contributed by atoms with van der Waals surface area (Å²) in [5.74, 6) is -0.635. The highest BCUT2D eigenvalue weighted by molar-refractivity contribution is 6.36. The molecule has 0 fully saturated rings. The van der Waals surface area contributed by atoms with Crippen molar-refractivity contribution in [3.05, 3.63) is 63.1 Å². The number of aryl methyl sites for hydroxylation is 1. The van der Waals surface area contributed by atoms with E-state index in [2.05, 4.69) is 0 Å². The van der Waals surface area contributed by atoms with E-state index in [1.54, 1.807) is 12.1 Å². The summed E-state index contributed by atoms with van der Waals surface area (Å²) in [4.78, 5) is 12.1. The van der Waals surface area contributed by atoms with Gasteiger partial charge in [0.15, 0.2) is 11.6 Å². The smallest absolute Gasteiger partial charge is 0.167 e. The van der Waals surface area contributed by atoms with Gasteiger partial charge in [-0.1, -0.05) is 48.3 Å². The SMILES string of the molecule is CCc1ccc(-c2ccc(Cl)c(F)c2Cl)cc1C1=C(O)CCC1=O. The van der Waals surface area contributed by atoms with Crippen LogP contribution in [0.3, 0.4) is 0 Å². The number of rotatable bonds is 3. The van der Waals surface area contributed by atoms with E-state index in [1.807, 2.05) is 19.1 Å². The van der Waals surface area contributed by atoms with Crippen LogP contribution in [0, 0.1) is 5.82 Å². The Morgan fingerprint density at radius 3 is 2.50 bits per heavy atom. The highest BCUT2D eigenvalue weighted by atomic mass is 35.5. The topological polar surface area (TPSA) is 37.3 Å². The molecule has 0 saturated heterocycles. The van der Waals surface area contributed by atoms with Crippen LogP contribution >= 0.6 is 23.2 Å². The van der Waals surface area contributed by atoms with Gasteiger partial charge >= 0.3 is 0 Å². The number of allylic oxidation sites excluding steroid dienone is 2. The van der Waals surface area contributed by atoms with Crippen LogP contribution in [0.25, 0.3) is 16.7 Å². The molecule has 0 atom stereocenters. The molecule has 2 nitrogen and oxygen atoms in total. The molecule has 0 unspecified atom stereocenters. The average Bonchev–Trinajstić information content (AvgIpc) is 2.91. The van der Waals surface area contributed by atoms with Gasteiger partial charge in [-0.25, -0.2) is 4.39 Å². The lowest BCUT2D eigenvalue weighted by molar-refractivity contribution is -0.113. The summed E-state index contributed by atoms with van der Waals surface area (Å²) in [6, 6.07) is 8.57. The third kappa shape index (κ3) is 2.83. The fraction of sp³-hybridized carbons (Fsp3) is 0.211. The number of hydrogen-bond donors (Lipinski definition) is 1. The molecule has 24 heavy (non-hydrogen) atoms. The Balaban J connectivity index is 2.20. The number of Topliss-reactive ketones (excluding diaryl/α,β-unsaturated/α-hetero) is 1. The van der Waals surface area contributed by atoms with Crippen molar-refractivity contribution in [2.24, 2.45) is 0 Å². The Labute approximate surface area is 149 Å². The summed E-state index contributed by atoms with van der Waals surface area (Å²) < 4.78 is 14.0. The fourth-order valence-electron chi connectivity index (χ4n) is 2.98. The normalized spacial score (nSPS) is 14.6. The third-order valence-electron chi connectivity index (χ3n) is 4.26. The Morgan fingerprint density at radius 1 is 1.12 bits per heavy atom. The van der Waals surface area contributed by atoms with E-state index in [0.29, 0.717) is 41.5 Å². The van der Waals surface area contributed by atoms with Gasteiger partial charge in [-0.2, -0.15) is 0 Å². The largest absolute Gasteiger partial charge is 0.512 e. The fourth-order valence-corrected chi connectivity index (χ4v) is 3.46. The van der Waals surface area contributed by atoms with Crippen molar-refractivity contribution in [3.8, 4) is 11.1 Å². The van der Waals surface area contributed by atoms with E-state index >= 15 is 0 Å². The molecular formula is C19H15Cl2FO2. The number of carbonyl (C=O) groups is 1. The van der Waals surface area contributed by atoms with Crippen molar-refractivity contribution in [3.63, 3.8) is 0 Å². The van der Waals surface area contributed by atoms with E-state index < -0.39 is 5.82 Å². The second-order valence-electron chi connectivity index (χ2n) is 5.69. The summed E-state index contributed by atoms with van der Waals surface area (Å²) in [6.45, 7) is 1.98. The molecule has 0 aromatic heterocycles. The van der Waals surface area contributed by atoms with E-state index in [9.17, 15) is 14.3 Å². The summed E-state index contributed by atoms with van der Waals surface area (Å²) in [5.41, 5.74) is 3.15. The van der Waals surface area contributed by atoms with Crippen LogP contribution in [0.2, 0.25) is 10.0 Å². The maximum Gasteiger partial charge on any atom is 0.167 e. The predicted octanol–water partition coefficient (Wildman–Crippen LogP) is 5.99. The zero-order chi connectivity index (χ0) is 17.4. The number of ketones is 1. The van der Waals surface area contributed by atoms with Gasteiger partial charge in [0, 0.05) is 18.4 Å². The van der Waals surface area contributed by atoms with Crippen LogP contribution in [0.15, 0.2) is 36.1 Å². The lowest BCUT2D eigenvalue weighted by atomic mass is 9.92. The van der Waals surface area contributed by atoms with Gasteiger partial charge in [0.1, 0.15) is 5.76 Å². The van der Waals surface area contributed by atoms with Crippen molar-refractivity contribution < 1.29 is 14.3 Å². The Kier molecular flexibility index (Phi) is 4.66. The number of aliphatic hydroxyl groups is 1. The first-order valence-corrected chi connectivity index (χ1v) is 8.42. The van der Waals surface area contributed by atoms with Crippen LogP contribution in [-0.4, -0.2) is 10.9 Å². The standard InChI is InChI=1S/C19H15Cl2FO2/c1-2-10-3-4-11(12-5-6-14(20)19(22)18(12)21)9-13(10)17-15(23)7-8-16(17)24/h3-6,9,23H,2,7-8H2,1H3. The minimum Gasteiger partial charge on any atom is -0.512 e. The van der Waals surface area contributed by atoms with Crippen LogP contribution in [-0.2, 0) is 11.2 Å². The van der Waals surface area contributed by atoms with Crippen molar-refractivity contribution in [2.45, 2.75) is 26.2 Å². The molecule has 124 valence electrons. The van der Waals surface area contributed by atoms with Crippen molar-refractivity contribution >= 4 is 34.6 Å². The van der Waals surface area contributed by atoms with E-state index in [4.69, 9.17) is 23.2 Å². The molecule has 3 rings (SSSR count). The second kappa shape index (κ2) is 6.58. The molecule has 1 aliphatic rings. The predicted molar refractivity (Wildman–Crippen MR) is 95.0 cm³/mol. The molecule has 0 amide bonds. The number of carbonyl (C=O) groups excluding carboxylic acids is 1. The zero-order valence-corrected chi connectivity index (χ0v) is 14.5.